The molecule has 92 valence electrons. The summed E-state index contributed by atoms with van der Waals surface area (Å²) in [6.07, 6.45) is 6.79. The minimum absolute atomic E-state index is 0.190. The van der Waals surface area contributed by atoms with Gasteiger partial charge in [0.15, 0.2) is 4.96 Å². The first-order valence-corrected chi connectivity index (χ1v) is 7.19. The first-order valence-electron chi connectivity index (χ1n) is 6.37. The molecule has 0 bridgehead atoms. The maximum absolute atomic E-state index is 5.83. The molecule has 1 aliphatic carbocycles. The standard InChI is InChI=1S/C13H19N3S/c1-8-3-4-11-12(5-8)17-13-15-10(6-9(2)14)7-16(11)13/h7-9H,3-6,14H2,1-2H3. The smallest absolute Gasteiger partial charge is 0.194 e. The average Bonchev–Trinajstić information content (AvgIpc) is 2.72. The summed E-state index contributed by atoms with van der Waals surface area (Å²) >= 11 is 1.86. The fourth-order valence-corrected chi connectivity index (χ4v) is 3.96. The summed E-state index contributed by atoms with van der Waals surface area (Å²) in [6, 6.07) is 0.190. The molecule has 2 atom stereocenters. The van der Waals surface area contributed by atoms with Crippen molar-refractivity contribution in [3.63, 3.8) is 0 Å². The zero-order valence-electron chi connectivity index (χ0n) is 10.4. The van der Waals surface area contributed by atoms with Crippen molar-refractivity contribution in [1.29, 1.82) is 0 Å². The van der Waals surface area contributed by atoms with Gasteiger partial charge in [0, 0.05) is 29.2 Å². The number of aromatic nitrogens is 2. The monoisotopic (exact) mass is 249 g/mol. The van der Waals surface area contributed by atoms with Crippen molar-refractivity contribution in [3.05, 3.63) is 22.5 Å². The minimum Gasteiger partial charge on any atom is -0.328 e. The highest BCUT2D eigenvalue weighted by molar-refractivity contribution is 7.17. The Morgan fingerprint density at radius 2 is 2.47 bits per heavy atom. The Hall–Kier alpha value is -0.870. The molecular weight excluding hydrogens is 230 g/mol. The first-order chi connectivity index (χ1) is 8.13. The quantitative estimate of drug-likeness (QED) is 0.888. The molecule has 17 heavy (non-hydrogen) atoms. The van der Waals surface area contributed by atoms with Gasteiger partial charge in [0.2, 0.25) is 0 Å². The summed E-state index contributed by atoms with van der Waals surface area (Å²) in [4.78, 5) is 7.38. The summed E-state index contributed by atoms with van der Waals surface area (Å²) in [5.74, 6) is 0.828. The van der Waals surface area contributed by atoms with E-state index in [-0.39, 0.29) is 6.04 Å². The first kappa shape index (κ1) is 11.2. The third-order valence-electron chi connectivity index (χ3n) is 3.49. The Bertz CT molecular complexity index is 538. The second kappa shape index (κ2) is 4.10. The molecule has 0 saturated heterocycles. The maximum Gasteiger partial charge on any atom is 0.194 e. The second-order valence-corrected chi connectivity index (χ2v) is 6.45. The van der Waals surface area contributed by atoms with Crippen LogP contribution < -0.4 is 5.73 Å². The minimum atomic E-state index is 0.190. The molecule has 0 amide bonds. The zero-order valence-corrected chi connectivity index (χ0v) is 11.3. The average molecular weight is 249 g/mol. The molecule has 0 radical (unpaired) electrons. The molecule has 2 aromatic heterocycles. The molecule has 2 heterocycles. The Morgan fingerprint density at radius 1 is 1.65 bits per heavy atom. The van der Waals surface area contributed by atoms with Crippen LogP contribution in [0.2, 0.25) is 0 Å². The van der Waals surface area contributed by atoms with Crippen LogP contribution in [0.15, 0.2) is 6.20 Å². The fraction of sp³-hybridized carbons (Fsp3) is 0.615. The molecule has 2 unspecified atom stereocenters. The van der Waals surface area contributed by atoms with Gasteiger partial charge < -0.3 is 5.73 Å². The third kappa shape index (κ3) is 2.00. The predicted octanol–water partition coefficient (Wildman–Crippen LogP) is 2.41. The highest BCUT2D eigenvalue weighted by Crippen LogP contribution is 2.32. The highest BCUT2D eigenvalue weighted by atomic mass is 32.1. The molecule has 4 heteroatoms. The van der Waals surface area contributed by atoms with Gasteiger partial charge in [-0.2, -0.15) is 0 Å². The number of nitrogens with zero attached hydrogens (tertiary/aromatic N) is 2. The normalized spacial score (nSPS) is 21.7. The molecule has 1 aliphatic rings. The van der Waals surface area contributed by atoms with Crippen molar-refractivity contribution < 1.29 is 0 Å². The highest BCUT2D eigenvalue weighted by Gasteiger charge is 2.21. The molecule has 2 aromatic rings. The van der Waals surface area contributed by atoms with Crippen molar-refractivity contribution in [2.75, 3.05) is 0 Å². The van der Waals surface area contributed by atoms with Crippen LogP contribution in [0, 0.1) is 5.92 Å². The van der Waals surface area contributed by atoms with Crippen LogP contribution in [0.3, 0.4) is 0 Å². The summed E-state index contributed by atoms with van der Waals surface area (Å²) in [5, 5.41) is 0. The number of hydrogen-bond donors (Lipinski definition) is 1. The van der Waals surface area contributed by atoms with Crippen LogP contribution in [0.4, 0.5) is 0 Å². The predicted molar refractivity (Wildman–Crippen MR) is 71.6 cm³/mol. The van der Waals surface area contributed by atoms with Crippen LogP contribution in [0.1, 0.15) is 36.5 Å². The Morgan fingerprint density at radius 3 is 3.24 bits per heavy atom. The molecule has 3 nitrogen and oxygen atoms in total. The summed E-state index contributed by atoms with van der Waals surface area (Å²) < 4.78 is 2.30. The lowest BCUT2D eigenvalue weighted by Gasteiger charge is -2.17. The van der Waals surface area contributed by atoms with E-state index in [0.29, 0.717) is 0 Å². The molecular formula is C13H19N3S. The number of imidazole rings is 1. The van der Waals surface area contributed by atoms with Crippen molar-refractivity contribution in [2.24, 2.45) is 11.7 Å². The lowest BCUT2D eigenvalue weighted by molar-refractivity contribution is 0.499. The van der Waals surface area contributed by atoms with E-state index in [2.05, 4.69) is 22.5 Å². The van der Waals surface area contributed by atoms with E-state index < -0.39 is 0 Å². The molecule has 2 N–H and O–H groups in total. The topological polar surface area (TPSA) is 43.3 Å². The van der Waals surface area contributed by atoms with Crippen molar-refractivity contribution >= 4 is 16.3 Å². The van der Waals surface area contributed by atoms with Gasteiger partial charge in [0.25, 0.3) is 0 Å². The second-order valence-electron chi connectivity index (χ2n) is 5.39. The van der Waals surface area contributed by atoms with Gasteiger partial charge in [-0.25, -0.2) is 4.98 Å². The molecule has 0 saturated carbocycles. The van der Waals surface area contributed by atoms with E-state index in [1.165, 1.54) is 25.0 Å². The molecule has 0 fully saturated rings. The lowest BCUT2D eigenvalue weighted by atomic mass is 9.93. The van der Waals surface area contributed by atoms with Gasteiger partial charge in [-0.3, -0.25) is 4.40 Å². The lowest BCUT2D eigenvalue weighted by Crippen LogP contribution is -2.17. The Kier molecular flexibility index (Phi) is 2.71. The van der Waals surface area contributed by atoms with E-state index in [4.69, 9.17) is 5.73 Å². The number of rotatable bonds is 2. The SMILES string of the molecule is CC(N)Cc1cn2c3c(sc2n1)CC(C)CC3. The molecule has 0 spiro atoms. The Balaban J connectivity index is 1.99. The van der Waals surface area contributed by atoms with Gasteiger partial charge in [-0.1, -0.05) is 6.92 Å². The number of fused-ring (bicyclic) bond motifs is 3. The maximum atomic E-state index is 5.83. The van der Waals surface area contributed by atoms with Crippen LogP contribution >= 0.6 is 11.3 Å². The van der Waals surface area contributed by atoms with Crippen LogP contribution in [0.5, 0.6) is 0 Å². The number of thiazole rings is 1. The fourth-order valence-electron chi connectivity index (χ4n) is 2.63. The van der Waals surface area contributed by atoms with Gasteiger partial charge >= 0.3 is 0 Å². The van der Waals surface area contributed by atoms with E-state index in [0.717, 1.165) is 23.0 Å². The third-order valence-corrected chi connectivity index (χ3v) is 4.61. The number of nitrogens with two attached hydrogens (primary N) is 1. The van der Waals surface area contributed by atoms with E-state index >= 15 is 0 Å². The van der Waals surface area contributed by atoms with Crippen molar-refractivity contribution in [3.8, 4) is 0 Å². The molecule has 0 aromatic carbocycles. The van der Waals surface area contributed by atoms with Crippen LogP contribution in [-0.4, -0.2) is 15.4 Å². The van der Waals surface area contributed by atoms with Crippen molar-refractivity contribution in [1.82, 2.24) is 9.38 Å². The Labute approximate surface area is 106 Å². The van der Waals surface area contributed by atoms with Gasteiger partial charge in [-0.15, -0.1) is 11.3 Å². The number of aryl methyl sites for hydroxylation is 1. The van der Waals surface area contributed by atoms with Crippen LogP contribution in [-0.2, 0) is 19.3 Å². The summed E-state index contributed by atoms with van der Waals surface area (Å²) in [7, 11) is 0. The van der Waals surface area contributed by atoms with Crippen molar-refractivity contribution in [2.45, 2.75) is 45.6 Å². The summed E-state index contributed by atoms with van der Waals surface area (Å²) in [6.45, 7) is 4.37. The van der Waals surface area contributed by atoms with E-state index in [1.807, 2.05) is 18.3 Å². The summed E-state index contributed by atoms with van der Waals surface area (Å²) in [5.41, 5.74) is 8.45. The van der Waals surface area contributed by atoms with Gasteiger partial charge in [-0.05, 0) is 32.1 Å². The molecule has 0 aliphatic heterocycles. The van der Waals surface area contributed by atoms with Crippen LogP contribution in [0.25, 0.3) is 4.96 Å². The number of hydrogen-bond acceptors (Lipinski definition) is 3. The molecule has 3 rings (SSSR count). The van der Waals surface area contributed by atoms with Gasteiger partial charge in [0.1, 0.15) is 0 Å². The largest absolute Gasteiger partial charge is 0.328 e. The van der Waals surface area contributed by atoms with E-state index in [9.17, 15) is 0 Å². The van der Waals surface area contributed by atoms with Gasteiger partial charge in [0.05, 0.1) is 5.69 Å². The van der Waals surface area contributed by atoms with E-state index in [1.54, 1.807) is 4.88 Å². The zero-order chi connectivity index (χ0) is 12.0.